The Kier molecular flexibility index (Phi) is 2.66. The standard InChI is InChI=1S/C12H14N4OS/c1-7-5-18-12-10(7)11(13-6-14-12)16-3-8(2)15-9(17)4-16/h5-6,8H,3-4H2,1-2H3,(H,15,17). The minimum absolute atomic E-state index is 0.0494. The van der Waals surface area contributed by atoms with Crippen LogP contribution in [-0.2, 0) is 4.79 Å². The van der Waals surface area contributed by atoms with Crippen LogP contribution < -0.4 is 10.2 Å². The van der Waals surface area contributed by atoms with E-state index < -0.39 is 0 Å². The monoisotopic (exact) mass is 262 g/mol. The number of fused-ring (bicyclic) bond motifs is 1. The predicted molar refractivity (Wildman–Crippen MR) is 72.0 cm³/mol. The number of aromatic nitrogens is 2. The average Bonchev–Trinajstić information content (AvgIpc) is 2.70. The Morgan fingerprint density at radius 3 is 3.11 bits per heavy atom. The Morgan fingerprint density at radius 1 is 1.50 bits per heavy atom. The molecule has 3 rings (SSSR count). The van der Waals surface area contributed by atoms with Crippen molar-refractivity contribution in [3.05, 3.63) is 17.3 Å². The zero-order chi connectivity index (χ0) is 12.7. The lowest BCUT2D eigenvalue weighted by atomic mass is 10.2. The van der Waals surface area contributed by atoms with E-state index in [1.54, 1.807) is 17.7 Å². The van der Waals surface area contributed by atoms with Gasteiger partial charge in [-0.15, -0.1) is 11.3 Å². The largest absolute Gasteiger partial charge is 0.350 e. The number of anilines is 1. The van der Waals surface area contributed by atoms with Crippen LogP contribution in [0.4, 0.5) is 5.82 Å². The molecule has 1 saturated heterocycles. The van der Waals surface area contributed by atoms with Gasteiger partial charge in [-0.2, -0.15) is 0 Å². The molecule has 0 aliphatic carbocycles. The highest BCUT2D eigenvalue weighted by molar-refractivity contribution is 7.17. The Labute approximate surface area is 109 Å². The maximum atomic E-state index is 11.6. The summed E-state index contributed by atoms with van der Waals surface area (Å²) in [6.07, 6.45) is 1.57. The first-order chi connectivity index (χ1) is 8.65. The third-order valence-corrected chi connectivity index (χ3v) is 4.07. The number of amides is 1. The van der Waals surface area contributed by atoms with Crippen molar-refractivity contribution < 1.29 is 4.79 Å². The van der Waals surface area contributed by atoms with Crippen molar-refractivity contribution in [1.29, 1.82) is 0 Å². The molecule has 0 aromatic carbocycles. The maximum Gasteiger partial charge on any atom is 0.239 e. The highest BCUT2D eigenvalue weighted by atomic mass is 32.1. The van der Waals surface area contributed by atoms with Gasteiger partial charge in [-0.1, -0.05) is 0 Å². The van der Waals surface area contributed by atoms with Gasteiger partial charge in [-0.05, 0) is 24.8 Å². The summed E-state index contributed by atoms with van der Waals surface area (Å²) < 4.78 is 0. The van der Waals surface area contributed by atoms with Gasteiger partial charge in [0.15, 0.2) is 0 Å². The van der Waals surface area contributed by atoms with Gasteiger partial charge in [0, 0.05) is 12.6 Å². The van der Waals surface area contributed by atoms with Crippen LogP contribution in [0, 0.1) is 6.92 Å². The van der Waals surface area contributed by atoms with Gasteiger partial charge in [0.1, 0.15) is 17.0 Å². The Balaban J connectivity index is 2.08. The topological polar surface area (TPSA) is 58.1 Å². The van der Waals surface area contributed by atoms with Crippen LogP contribution in [0.1, 0.15) is 12.5 Å². The summed E-state index contributed by atoms with van der Waals surface area (Å²) in [6.45, 7) is 5.21. The van der Waals surface area contributed by atoms with Gasteiger partial charge in [-0.25, -0.2) is 9.97 Å². The lowest BCUT2D eigenvalue weighted by Crippen LogP contribution is -2.53. The number of nitrogens with one attached hydrogen (secondary N) is 1. The summed E-state index contributed by atoms with van der Waals surface area (Å²) in [4.78, 5) is 23.3. The van der Waals surface area contributed by atoms with Crippen LogP contribution >= 0.6 is 11.3 Å². The van der Waals surface area contributed by atoms with Crippen molar-refractivity contribution in [1.82, 2.24) is 15.3 Å². The fraction of sp³-hybridized carbons (Fsp3) is 0.417. The van der Waals surface area contributed by atoms with Gasteiger partial charge in [-0.3, -0.25) is 4.79 Å². The van der Waals surface area contributed by atoms with Crippen LogP contribution in [0.3, 0.4) is 0 Å². The molecule has 2 aromatic rings. The second-order valence-electron chi connectivity index (χ2n) is 4.65. The van der Waals surface area contributed by atoms with E-state index in [0.717, 1.165) is 22.6 Å². The summed E-state index contributed by atoms with van der Waals surface area (Å²) >= 11 is 1.62. The molecule has 1 aliphatic heterocycles. The van der Waals surface area contributed by atoms with Crippen molar-refractivity contribution in [2.24, 2.45) is 0 Å². The van der Waals surface area contributed by atoms with Crippen molar-refractivity contribution in [2.45, 2.75) is 19.9 Å². The van der Waals surface area contributed by atoms with E-state index in [1.165, 1.54) is 5.56 Å². The summed E-state index contributed by atoms with van der Waals surface area (Å²) in [5.74, 6) is 0.925. The third kappa shape index (κ3) is 1.82. The number of piperazine rings is 1. The maximum absolute atomic E-state index is 11.6. The SMILES string of the molecule is Cc1csc2ncnc(N3CC(=O)NC(C)C3)c12. The molecule has 0 bridgehead atoms. The molecule has 94 valence electrons. The molecule has 2 aromatic heterocycles. The van der Waals surface area contributed by atoms with Gasteiger partial charge in [0.25, 0.3) is 0 Å². The number of rotatable bonds is 1. The normalized spacial score (nSPS) is 20.2. The highest BCUT2D eigenvalue weighted by Gasteiger charge is 2.24. The number of hydrogen-bond donors (Lipinski definition) is 1. The number of aryl methyl sites for hydroxylation is 1. The van der Waals surface area contributed by atoms with Gasteiger partial charge in [0.05, 0.1) is 11.9 Å². The molecule has 1 unspecified atom stereocenters. The number of nitrogens with zero attached hydrogens (tertiary/aromatic N) is 3. The third-order valence-electron chi connectivity index (χ3n) is 3.07. The fourth-order valence-electron chi connectivity index (χ4n) is 2.33. The molecule has 0 spiro atoms. The Bertz CT molecular complexity index is 609. The summed E-state index contributed by atoms with van der Waals surface area (Å²) in [6, 6.07) is 0.148. The van der Waals surface area contributed by atoms with E-state index in [0.29, 0.717) is 6.54 Å². The highest BCUT2D eigenvalue weighted by Crippen LogP contribution is 2.31. The zero-order valence-corrected chi connectivity index (χ0v) is 11.1. The first-order valence-electron chi connectivity index (χ1n) is 5.88. The summed E-state index contributed by atoms with van der Waals surface area (Å²) in [7, 11) is 0. The lowest BCUT2D eigenvalue weighted by Gasteiger charge is -2.32. The molecule has 5 nitrogen and oxygen atoms in total. The first-order valence-corrected chi connectivity index (χ1v) is 6.76. The predicted octanol–water partition coefficient (Wildman–Crippen LogP) is 1.32. The van der Waals surface area contributed by atoms with Crippen LogP contribution in [-0.4, -0.2) is 35.0 Å². The molecule has 1 atom stereocenters. The second-order valence-corrected chi connectivity index (χ2v) is 5.50. The number of carbonyl (C=O) groups is 1. The molecule has 1 fully saturated rings. The van der Waals surface area contributed by atoms with Crippen LogP contribution in [0.5, 0.6) is 0 Å². The lowest BCUT2D eigenvalue weighted by molar-refractivity contribution is -0.121. The van der Waals surface area contributed by atoms with Gasteiger partial charge in [0.2, 0.25) is 5.91 Å². The molecule has 1 aliphatic rings. The molecule has 6 heteroatoms. The Morgan fingerprint density at radius 2 is 2.33 bits per heavy atom. The van der Waals surface area contributed by atoms with E-state index in [2.05, 4.69) is 27.6 Å². The number of carbonyl (C=O) groups excluding carboxylic acids is 1. The van der Waals surface area contributed by atoms with E-state index in [-0.39, 0.29) is 11.9 Å². The number of hydrogen-bond acceptors (Lipinski definition) is 5. The van der Waals surface area contributed by atoms with E-state index in [4.69, 9.17) is 0 Å². The second kappa shape index (κ2) is 4.20. The van der Waals surface area contributed by atoms with Crippen LogP contribution in [0.25, 0.3) is 10.2 Å². The molecule has 0 radical (unpaired) electrons. The van der Waals surface area contributed by atoms with E-state index in [1.807, 2.05) is 11.8 Å². The van der Waals surface area contributed by atoms with Crippen LogP contribution in [0.15, 0.2) is 11.7 Å². The van der Waals surface area contributed by atoms with Crippen molar-refractivity contribution >= 4 is 33.3 Å². The molecule has 3 heterocycles. The van der Waals surface area contributed by atoms with Crippen molar-refractivity contribution in [3.63, 3.8) is 0 Å². The van der Waals surface area contributed by atoms with Crippen molar-refractivity contribution in [3.8, 4) is 0 Å². The van der Waals surface area contributed by atoms with E-state index in [9.17, 15) is 4.79 Å². The first kappa shape index (κ1) is 11.4. The minimum atomic E-state index is 0.0494. The molecule has 0 saturated carbocycles. The van der Waals surface area contributed by atoms with E-state index >= 15 is 0 Å². The van der Waals surface area contributed by atoms with Gasteiger partial charge < -0.3 is 10.2 Å². The quantitative estimate of drug-likeness (QED) is 0.842. The fourth-order valence-corrected chi connectivity index (χ4v) is 3.22. The number of thiophene rings is 1. The van der Waals surface area contributed by atoms with Gasteiger partial charge >= 0.3 is 0 Å². The molecule has 1 N–H and O–H groups in total. The Hall–Kier alpha value is -1.69. The smallest absolute Gasteiger partial charge is 0.239 e. The summed E-state index contributed by atoms with van der Waals surface area (Å²) in [5.41, 5.74) is 1.17. The summed E-state index contributed by atoms with van der Waals surface area (Å²) in [5, 5.41) is 6.07. The minimum Gasteiger partial charge on any atom is -0.350 e. The molecular formula is C12H14N4OS. The molecule has 1 amide bonds. The zero-order valence-electron chi connectivity index (χ0n) is 10.3. The molecular weight excluding hydrogens is 248 g/mol. The van der Waals surface area contributed by atoms with Crippen molar-refractivity contribution in [2.75, 3.05) is 18.0 Å². The average molecular weight is 262 g/mol. The molecule has 18 heavy (non-hydrogen) atoms. The van der Waals surface area contributed by atoms with Crippen LogP contribution in [0.2, 0.25) is 0 Å².